The molecule has 0 spiro atoms. The van der Waals surface area contributed by atoms with Crippen LogP contribution in [0.4, 0.5) is 0 Å². The van der Waals surface area contributed by atoms with Crippen LogP contribution in [0.5, 0.6) is 0 Å². The van der Waals surface area contributed by atoms with Crippen molar-refractivity contribution in [3.8, 4) is 0 Å². The van der Waals surface area contributed by atoms with Gasteiger partial charge in [0.2, 0.25) is 5.67 Å². The van der Waals surface area contributed by atoms with Crippen LogP contribution < -0.4 is 0 Å². The summed E-state index contributed by atoms with van der Waals surface area (Å²) in [6.45, 7) is 10.1. The molecule has 1 fully saturated rings. The van der Waals surface area contributed by atoms with Crippen LogP contribution >= 0.6 is 0 Å². The van der Waals surface area contributed by atoms with Crippen LogP contribution in [0.3, 0.4) is 0 Å². The Morgan fingerprint density at radius 3 is 1.67 bits per heavy atom. The second-order valence-electron chi connectivity index (χ2n) is 5.45. The summed E-state index contributed by atoms with van der Waals surface area (Å²) in [5.41, 5.74) is 1.76. The molecule has 5 heteroatoms. The molecule has 1 unspecified atom stereocenters. The van der Waals surface area contributed by atoms with Crippen LogP contribution in [0, 0.1) is 11.8 Å². The van der Waals surface area contributed by atoms with E-state index >= 15 is 0 Å². The minimum atomic E-state index is -2.55. The van der Waals surface area contributed by atoms with Crippen molar-refractivity contribution in [1.82, 2.24) is 0 Å². The predicted molar refractivity (Wildman–Crippen MR) is 75.0 cm³/mol. The Balaban J connectivity index is 3.09. The van der Waals surface area contributed by atoms with Crippen molar-refractivity contribution in [1.29, 1.82) is 0 Å². The third-order valence-corrected chi connectivity index (χ3v) is 6.92. The molecule has 0 saturated carbocycles. The highest BCUT2D eigenvalue weighted by Gasteiger charge is 2.60. The first kappa shape index (κ1) is 15.8. The van der Waals surface area contributed by atoms with Crippen molar-refractivity contribution in [2.45, 2.75) is 39.8 Å². The van der Waals surface area contributed by atoms with Gasteiger partial charge in [-0.2, -0.15) is 0 Å². The first-order valence-corrected chi connectivity index (χ1v) is 8.52. The number of hydrogen-bond acceptors (Lipinski definition) is 3. The SMILES string of the molecule is CO[Si](OC)(OC)C1CC[N+]1=C(C(C)C)C(C)C. The maximum atomic E-state index is 5.62. The first-order valence-electron chi connectivity index (χ1n) is 6.72. The van der Waals surface area contributed by atoms with Crippen LogP contribution in [0.1, 0.15) is 34.1 Å². The quantitative estimate of drug-likeness (QED) is 0.548. The molecule has 1 heterocycles. The average Bonchev–Trinajstić information content (AvgIpc) is 2.30. The normalized spacial score (nSPS) is 20.5. The summed E-state index contributed by atoms with van der Waals surface area (Å²) >= 11 is 0. The van der Waals surface area contributed by atoms with Gasteiger partial charge >= 0.3 is 8.80 Å². The Hall–Kier alpha value is -0.233. The Morgan fingerprint density at radius 1 is 1.00 bits per heavy atom. The molecule has 0 N–H and O–H groups in total. The molecule has 0 aromatic heterocycles. The summed E-state index contributed by atoms with van der Waals surface area (Å²) in [7, 11) is 2.54. The fourth-order valence-electron chi connectivity index (χ4n) is 3.05. The van der Waals surface area contributed by atoms with E-state index in [1.165, 1.54) is 5.71 Å². The Bertz CT molecular complexity index is 293. The highest BCUT2D eigenvalue weighted by atomic mass is 28.4. The lowest BCUT2D eigenvalue weighted by molar-refractivity contribution is -0.615. The van der Waals surface area contributed by atoms with Gasteiger partial charge in [-0.15, -0.1) is 0 Å². The highest BCUT2D eigenvalue weighted by Crippen LogP contribution is 2.27. The summed E-state index contributed by atoms with van der Waals surface area (Å²) in [5.74, 6) is 1.09. The molecule has 18 heavy (non-hydrogen) atoms. The molecular formula is C13H28NO3Si+. The molecule has 0 radical (unpaired) electrons. The maximum Gasteiger partial charge on any atom is 0.572 e. The molecule has 1 aliphatic heterocycles. The van der Waals surface area contributed by atoms with Gasteiger partial charge in [-0.25, -0.2) is 4.58 Å². The van der Waals surface area contributed by atoms with Crippen LogP contribution in [0.15, 0.2) is 0 Å². The molecule has 0 aliphatic carbocycles. The zero-order valence-corrected chi connectivity index (χ0v) is 13.8. The third-order valence-electron chi connectivity index (χ3n) is 3.80. The number of rotatable bonds is 6. The molecule has 1 aliphatic rings. The second-order valence-corrected chi connectivity index (χ2v) is 8.55. The Morgan fingerprint density at radius 2 is 1.44 bits per heavy atom. The van der Waals surface area contributed by atoms with Crippen molar-refractivity contribution >= 4 is 14.5 Å². The largest absolute Gasteiger partial charge is 0.572 e. The standard InChI is InChI=1S/C13H28NO3Si/c1-10(2)13(11(3)4)14-9-8-12(14)18(15-5,16-6)17-7/h10-12H,8-9H2,1-7H3/q+1. The van der Waals surface area contributed by atoms with E-state index in [1.807, 2.05) is 0 Å². The molecule has 106 valence electrons. The fraction of sp³-hybridized carbons (Fsp3) is 0.923. The average molecular weight is 274 g/mol. The molecule has 1 atom stereocenters. The molecule has 1 rings (SSSR count). The summed E-state index contributed by atoms with van der Waals surface area (Å²) in [4.78, 5) is 0. The predicted octanol–water partition coefficient (Wildman–Crippen LogP) is 1.94. The van der Waals surface area contributed by atoms with Gasteiger partial charge in [-0.3, -0.25) is 0 Å². The molecule has 4 nitrogen and oxygen atoms in total. The zero-order valence-electron chi connectivity index (χ0n) is 12.8. The van der Waals surface area contributed by atoms with Gasteiger partial charge in [0, 0.05) is 33.2 Å². The zero-order chi connectivity index (χ0) is 13.9. The van der Waals surface area contributed by atoms with E-state index in [0.29, 0.717) is 11.8 Å². The van der Waals surface area contributed by atoms with E-state index in [0.717, 1.165) is 13.0 Å². The minimum absolute atomic E-state index is 0.275. The van der Waals surface area contributed by atoms with E-state index in [1.54, 1.807) is 21.3 Å². The van der Waals surface area contributed by atoms with Gasteiger partial charge in [0.1, 0.15) is 6.54 Å². The highest BCUT2D eigenvalue weighted by molar-refractivity contribution is 6.62. The van der Waals surface area contributed by atoms with Crippen LogP contribution in [-0.4, -0.2) is 52.6 Å². The fourth-order valence-corrected chi connectivity index (χ4v) is 5.51. The van der Waals surface area contributed by atoms with E-state index < -0.39 is 8.80 Å². The number of hydrogen-bond donors (Lipinski definition) is 0. The summed E-state index contributed by atoms with van der Waals surface area (Å²) in [6, 6.07) is 0. The Labute approximate surface area is 112 Å². The van der Waals surface area contributed by atoms with Gasteiger partial charge in [0.15, 0.2) is 5.71 Å². The molecular weight excluding hydrogens is 246 g/mol. The van der Waals surface area contributed by atoms with Crippen molar-refractivity contribution in [2.24, 2.45) is 11.8 Å². The first-order chi connectivity index (χ1) is 8.43. The van der Waals surface area contributed by atoms with Crippen molar-refractivity contribution in [3.63, 3.8) is 0 Å². The van der Waals surface area contributed by atoms with E-state index in [2.05, 4.69) is 32.3 Å². The van der Waals surface area contributed by atoms with E-state index in [9.17, 15) is 0 Å². The number of nitrogens with zero attached hydrogens (tertiary/aromatic N) is 1. The lowest BCUT2D eigenvalue weighted by Crippen LogP contribution is -2.66. The van der Waals surface area contributed by atoms with Gasteiger partial charge in [-0.1, -0.05) is 27.7 Å². The van der Waals surface area contributed by atoms with Crippen LogP contribution in [0.25, 0.3) is 0 Å². The summed E-state index contributed by atoms with van der Waals surface area (Å²) in [6.07, 6.45) is 1.09. The summed E-state index contributed by atoms with van der Waals surface area (Å²) in [5, 5.41) is 0. The van der Waals surface area contributed by atoms with Gasteiger partial charge in [0.05, 0.1) is 6.42 Å². The summed E-state index contributed by atoms with van der Waals surface area (Å²) < 4.78 is 19.3. The van der Waals surface area contributed by atoms with Gasteiger partial charge in [-0.05, 0) is 0 Å². The van der Waals surface area contributed by atoms with Gasteiger partial charge in [0.25, 0.3) is 0 Å². The molecule has 1 saturated heterocycles. The maximum absolute atomic E-state index is 5.62. The van der Waals surface area contributed by atoms with Crippen LogP contribution in [0.2, 0.25) is 0 Å². The monoisotopic (exact) mass is 274 g/mol. The second kappa shape index (κ2) is 6.28. The smallest absolute Gasteiger partial charge is 0.373 e. The van der Waals surface area contributed by atoms with Gasteiger partial charge < -0.3 is 13.3 Å². The molecule has 0 aromatic carbocycles. The topological polar surface area (TPSA) is 30.7 Å². The van der Waals surface area contributed by atoms with Crippen molar-refractivity contribution < 1.29 is 17.9 Å². The van der Waals surface area contributed by atoms with Crippen molar-refractivity contribution in [3.05, 3.63) is 0 Å². The lowest BCUT2D eigenvalue weighted by atomic mass is 9.95. The Kier molecular flexibility index (Phi) is 5.52. The van der Waals surface area contributed by atoms with Crippen molar-refractivity contribution in [2.75, 3.05) is 27.9 Å². The van der Waals surface area contributed by atoms with Crippen LogP contribution in [-0.2, 0) is 13.3 Å². The van der Waals surface area contributed by atoms with E-state index in [-0.39, 0.29) is 5.67 Å². The van der Waals surface area contributed by atoms with E-state index in [4.69, 9.17) is 13.3 Å². The molecule has 0 aromatic rings. The molecule has 0 bridgehead atoms. The minimum Gasteiger partial charge on any atom is -0.373 e. The lowest BCUT2D eigenvalue weighted by Gasteiger charge is -2.37. The third kappa shape index (κ3) is 2.69. The molecule has 0 amide bonds.